The number of amides is 2. The number of carbonyl (C=O) groups excluding carboxylic acids is 2. The first kappa shape index (κ1) is 19.2. The van der Waals surface area contributed by atoms with Crippen molar-refractivity contribution in [1.82, 2.24) is 5.32 Å². The van der Waals surface area contributed by atoms with Gasteiger partial charge in [-0.25, -0.2) is 0 Å². The highest BCUT2D eigenvalue weighted by Gasteiger charge is 2.17. The fourth-order valence-electron chi connectivity index (χ4n) is 1.78. The molecule has 0 fully saturated rings. The Labute approximate surface area is 145 Å². The molecule has 2 amide bonds. The summed E-state index contributed by atoms with van der Waals surface area (Å²) in [6.07, 6.45) is 0. The first-order valence-electron chi connectivity index (χ1n) is 6.86. The SMILES string of the molecule is CC(C)(N)CNC(=O)c1ccccc1NC(=O)c1ccsc1.Cl. The van der Waals surface area contributed by atoms with E-state index in [9.17, 15) is 9.59 Å². The van der Waals surface area contributed by atoms with Gasteiger partial charge in [-0.3, -0.25) is 9.59 Å². The van der Waals surface area contributed by atoms with Crippen molar-refractivity contribution in [2.75, 3.05) is 11.9 Å². The lowest BCUT2D eigenvalue weighted by Gasteiger charge is -2.19. The molecule has 0 saturated carbocycles. The Kier molecular flexibility index (Phi) is 6.75. The van der Waals surface area contributed by atoms with Crippen LogP contribution in [-0.2, 0) is 0 Å². The molecule has 0 saturated heterocycles. The molecule has 4 N–H and O–H groups in total. The summed E-state index contributed by atoms with van der Waals surface area (Å²) in [5.41, 5.74) is 6.83. The lowest BCUT2D eigenvalue weighted by Crippen LogP contribution is -2.45. The van der Waals surface area contributed by atoms with Crippen LogP contribution in [0.3, 0.4) is 0 Å². The number of halogens is 1. The predicted molar refractivity (Wildman–Crippen MR) is 96.6 cm³/mol. The molecule has 0 radical (unpaired) electrons. The summed E-state index contributed by atoms with van der Waals surface area (Å²) in [4.78, 5) is 24.4. The molecular weight excluding hydrogens is 334 g/mol. The second-order valence-corrected chi connectivity index (χ2v) is 6.46. The van der Waals surface area contributed by atoms with Crippen molar-refractivity contribution in [3.63, 3.8) is 0 Å². The van der Waals surface area contributed by atoms with Gasteiger partial charge in [-0.05, 0) is 37.4 Å². The monoisotopic (exact) mass is 353 g/mol. The standard InChI is InChI=1S/C16H19N3O2S.ClH/c1-16(2,17)10-18-15(21)12-5-3-4-6-13(12)19-14(20)11-7-8-22-9-11;/h3-9H,10,17H2,1-2H3,(H,18,21)(H,19,20);1H. The molecule has 124 valence electrons. The van der Waals surface area contributed by atoms with Crippen molar-refractivity contribution in [1.29, 1.82) is 0 Å². The molecule has 0 bridgehead atoms. The van der Waals surface area contributed by atoms with E-state index in [2.05, 4.69) is 10.6 Å². The van der Waals surface area contributed by atoms with Crippen molar-refractivity contribution in [3.8, 4) is 0 Å². The van der Waals surface area contributed by atoms with Gasteiger partial charge in [0.25, 0.3) is 11.8 Å². The number of hydrogen-bond acceptors (Lipinski definition) is 4. The average molecular weight is 354 g/mol. The minimum absolute atomic E-state index is 0. The van der Waals surface area contributed by atoms with Gasteiger partial charge in [0.15, 0.2) is 0 Å². The minimum atomic E-state index is -0.496. The van der Waals surface area contributed by atoms with E-state index >= 15 is 0 Å². The van der Waals surface area contributed by atoms with E-state index in [1.807, 2.05) is 19.2 Å². The number of rotatable bonds is 5. The fraction of sp³-hybridized carbons (Fsp3) is 0.250. The van der Waals surface area contributed by atoms with E-state index in [1.54, 1.807) is 35.7 Å². The zero-order valence-electron chi connectivity index (χ0n) is 13.0. The van der Waals surface area contributed by atoms with E-state index in [0.29, 0.717) is 23.4 Å². The summed E-state index contributed by atoms with van der Waals surface area (Å²) in [5.74, 6) is -0.500. The normalized spacial score (nSPS) is 10.6. The minimum Gasteiger partial charge on any atom is -0.350 e. The van der Waals surface area contributed by atoms with Crippen LogP contribution in [0, 0.1) is 0 Å². The summed E-state index contributed by atoms with van der Waals surface area (Å²) in [5, 5.41) is 9.13. The van der Waals surface area contributed by atoms with Crippen LogP contribution in [0.4, 0.5) is 5.69 Å². The van der Waals surface area contributed by atoms with Crippen molar-refractivity contribution >= 4 is 41.2 Å². The molecule has 5 nitrogen and oxygen atoms in total. The number of benzene rings is 1. The lowest BCUT2D eigenvalue weighted by molar-refractivity contribution is 0.0947. The summed E-state index contributed by atoms with van der Waals surface area (Å²) in [7, 11) is 0. The van der Waals surface area contributed by atoms with E-state index < -0.39 is 5.54 Å². The van der Waals surface area contributed by atoms with Crippen LogP contribution < -0.4 is 16.4 Å². The molecule has 0 aliphatic rings. The zero-order valence-corrected chi connectivity index (χ0v) is 14.6. The van der Waals surface area contributed by atoms with Gasteiger partial charge in [-0.15, -0.1) is 12.4 Å². The molecular formula is C16H20ClN3O2S. The number of anilines is 1. The summed E-state index contributed by atoms with van der Waals surface area (Å²) in [6.45, 7) is 4.01. The van der Waals surface area contributed by atoms with E-state index in [0.717, 1.165) is 0 Å². The molecule has 0 atom stereocenters. The predicted octanol–water partition coefficient (Wildman–Crippen LogP) is 2.89. The fourth-order valence-corrected chi connectivity index (χ4v) is 2.42. The van der Waals surface area contributed by atoms with E-state index in [4.69, 9.17) is 5.73 Å². The Morgan fingerprint density at radius 3 is 2.48 bits per heavy atom. The summed E-state index contributed by atoms with van der Waals surface area (Å²) < 4.78 is 0. The second-order valence-electron chi connectivity index (χ2n) is 5.68. The number of nitrogens with one attached hydrogen (secondary N) is 2. The molecule has 0 aliphatic heterocycles. The first-order chi connectivity index (χ1) is 10.4. The molecule has 7 heteroatoms. The van der Waals surface area contributed by atoms with Gasteiger partial charge < -0.3 is 16.4 Å². The van der Waals surface area contributed by atoms with Gasteiger partial charge in [0.2, 0.25) is 0 Å². The van der Waals surface area contributed by atoms with Gasteiger partial charge in [0.1, 0.15) is 0 Å². The highest BCUT2D eigenvalue weighted by atomic mass is 35.5. The third kappa shape index (κ3) is 5.67. The average Bonchev–Trinajstić information content (AvgIpc) is 2.99. The van der Waals surface area contributed by atoms with Crippen molar-refractivity contribution in [3.05, 3.63) is 52.2 Å². The molecule has 0 spiro atoms. The summed E-state index contributed by atoms with van der Waals surface area (Å²) >= 11 is 1.45. The van der Waals surface area contributed by atoms with Crippen LogP contribution in [0.5, 0.6) is 0 Å². The molecule has 1 aromatic heterocycles. The van der Waals surface area contributed by atoms with Crippen LogP contribution >= 0.6 is 23.7 Å². The van der Waals surface area contributed by atoms with Gasteiger partial charge in [-0.2, -0.15) is 11.3 Å². The van der Waals surface area contributed by atoms with Crippen molar-refractivity contribution < 1.29 is 9.59 Å². The number of carbonyl (C=O) groups is 2. The highest BCUT2D eigenvalue weighted by Crippen LogP contribution is 2.17. The molecule has 2 rings (SSSR count). The molecule has 1 aromatic carbocycles. The Balaban J connectivity index is 0.00000264. The quantitative estimate of drug-likeness (QED) is 0.772. The maximum absolute atomic E-state index is 12.3. The van der Waals surface area contributed by atoms with Crippen LogP contribution in [0.2, 0.25) is 0 Å². The van der Waals surface area contributed by atoms with Crippen LogP contribution in [0.25, 0.3) is 0 Å². The molecule has 23 heavy (non-hydrogen) atoms. The highest BCUT2D eigenvalue weighted by molar-refractivity contribution is 7.08. The Morgan fingerprint density at radius 2 is 1.87 bits per heavy atom. The Bertz CT molecular complexity index is 666. The largest absolute Gasteiger partial charge is 0.350 e. The van der Waals surface area contributed by atoms with Gasteiger partial charge in [-0.1, -0.05) is 12.1 Å². The van der Waals surface area contributed by atoms with Gasteiger partial charge in [0.05, 0.1) is 16.8 Å². The van der Waals surface area contributed by atoms with Gasteiger partial charge >= 0.3 is 0 Å². The summed E-state index contributed by atoms with van der Waals surface area (Å²) in [6, 6.07) is 8.63. The topological polar surface area (TPSA) is 84.2 Å². The lowest BCUT2D eigenvalue weighted by atomic mass is 10.1. The Morgan fingerprint density at radius 1 is 1.17 bits per heavy atom. The Hall–Kier alpha value is -1.89. The van der Waals surface area contributed by atoms with E-state index in [1.165, 1.54) is 11.3 Å². The molecule has 0 unspecified atom stereocenters. The number of hydrogen-bond donors (Lipinski definition) is 3. The maximum atomic E-state index is 12.3. The zero-order chi connectivity index (χ0) is 16.2. The van der Waals surface area contributed by atoms with Crippen LogP contribution in [-0.4, -0.2) is 23.9 Å². The van der Waals surface area contributed by atoms with E-state index in [-0.39, 0.29) is 24.2 Å². The van der Waals surface area contributed by atoms with Crippen LogP contribution in [0.15, 0.2) is 41.1 Å². The first-order valence-corrected chi connectivity index (χ1v) is 7.81. The smallest absolute Gasteiger partial charge is 0.256 e. The number of nitrogens with two attached hydrogens (primary N) is 1. The molecule has 1 heterocycles. The van der Waals surface area contributed by atoms with Crippen LogP contribution in [0.1, 0.15) is 34.6 Å². The molecule has 2 aromatic rings. The third-order valence-corrected chi connectivity index (χ3v) is 3.59. The van der Waals surface area contributed by atoms with Crippen molar-refractivity contribution in [2.45, 2.75) is 19.4 Å². The third-order valence-electron chi connectivity index (χ3n) is 2.91. The van der Waals surface area contributed by atoms with Gasteiger partial charge in [0, 0.05) is 17.5 Å². The maximum Gasteiger partial charge on any atom is 0.256 e. The number of para-hydroxylation sites is 1. The number of thiophene rings is 1. The van der Waals surface area contributed by atoms with Crippen molar-refractivity contribution in [2.24, 2.45) is 5.73 Å². The molecule has 0 aliphatic carbocycles. The second kappa shape index (κ2) is 8.10.